The molecule has 0 amide bonds. The summed E-state index contributed by atoms with van der Waals surface area (Å²) in [5, 5.41) is 5.33. The van der Waals surface area contributed by atoms with E-state index in [2.05, 4.69) is 28.0 Å². The van der Waals surface area contributed by atoms with Crippen LogP contribution in [0.15, 0.2) is 42.9 Å². The molecule has 0 atom stereocenters. The number of fused-ring (bicyclic) bond motifs is 1. The monoisotopic (exact) mass is 241 g/mol. The Hall–Kier alpha value is -2.23. The topological polar surface area (TPSA) is 32.0 Å². The second kappa shape index (κ2) is 4.22. The first-order chi connectivity index (χ1) is 8.78. The summed E-state index contributed by atoms with van der Waals surface area (Å²) >= 11 is 0. The van der Waals surface area contributed by atoms with Crippen molar-refractivity contribution >= 4 is 10.9 Å². The molecule has 4 heteroatoms. The first kappa shape index (κ1) is 10.9. The van der Waals surface area contributed by atoms with Gasteiger partial charge in [0.25, 0.3) is 0 Å². The van der Waals surface area contributed by atoms with E-state index in [9.17, 15) is 0 Å². The third kappa shape index (κ3) is 1.76. The molecule has 0 saturated carbocycles. The summed E-state index contributed by atoms with van der Waals surface area (Å²) in [6.45, 7) is 0.824. The molecule has 2 aromatic heterocycles. The number of hydrogen-bond donors (Lipinski definition) is 0. The van der Waals surface area contributed by atoms with Crippen LogP contribution in [0.2, 0.25) is 0 Å². The molecule has 0 radical (unpaired) electrons. The van der Waals surface area contributed by atoms with Crippen LogP contribution in [0.1, 0.15) is 5.56 Å². The number of methoxy groups -OCH3 is 1. The van der Waals surface area contributed by atoms with E-state index in [4.69, 9.17) is 4.74 Å². The fourth-order valence-corrected chi connectivity index (χ4v) is 2.26. The number of aromatic nitrogens is 3. The van der Waals surface area contributed by atoms with Gasteiger partial charge in [-0.25, -0.2) is 0 Å². The Morgan fingerprint density at radius 3 is 2.89 bits per heavy atom. The molecule has 3 aromatic rings. The normalized spacial score (nSPS) is 11.0. The molecular formula is C14H15N3O. The van der Waals surface area contributed by atoms with Crippen molar-refractivity contribution in [3.63, 3.8) is 0 Å². The van der Waals surface area contributed by atoms with Gasteiger partial charge in [0.05, 0.1) is 25.4 Å². The minimum atomic E-state index is 0.824. The molecule has 92 valence electrons. The van der Waals surface area contributed by atoms with Gasteiger partial charge in [0.1, 0.15) is 5.75 Å². The minimum Gasteiger partial charge on any atom is -0.496 e. The minimum absolute atomic E-state index is 0.824. The number of rotatable bonds is 3. The largest absolute Gasteiger partial charge is 0.496 e. The van der Waals surface area contributed by atoms with Gasteiger partial charge in [0.15, 0.2) is 0 Å². The van der Waals surface area contributed by atoms with E-state index in [1.54, 1.807) is 7.11 Å². The SMILES string of the molecule is COc1cccc2c1ccn2Cc1cnn(C)c1. The summed E-state index contributed by atoms with van der Waals surface area (Å²) < 4.78 is 9.39. The summed E-state index contributed by atoms with van der Waals surface area (Å²) in [4.78, 5) is 0. The molecule has 0 aliphatic heterocycles. The third-order valence-electron chi connectivity index (χ3n) is 3.10. The van der Waals surface area contributed by atoms with Gasteiger partial charge >= 0.3 is 0 Å². The van der Waals surface area contributed by atoms with Crippen LogP contribution in [0.5, 0.6) is 5.75 Å². The fraction of sp³-hybridized carbons (Fsp3) is 0.214. The summed E-state index contributed by atoms with van der Waals surface area (Å²) in [5.74, 6) is 0.914. The zero-order valence-corrected chi connectivity index (χ0v) is 10.5. The number of ether oxygens (including phenoxy) is 1. The van der Waals surface area contributed by atoms with Gasteiger partial charge < -0.3 is 9.30 Å². The van der Waals surface area contributed by atoms with Gasteiger partial charge in [-0.15, -0.1) is 0 Å². The van der Waals surface area contributed by atoms with Crippen LogP contribution in [0.3, 0.4) is 0 Å². The molecule has 0 unspecified atom stereocenters. The molecule has 0 N–H and O–H groups in total. The summed E-state index contributed by atoms with van der Waals surface area (Å²) in [6.07, 6.45) is 6.01. The Bertz CT molecular complexity index is 681. The zero-order chi connectivity index (χ0) is 12.5. The Labute approximate surface area is 105 Å². The molecule has 0 saturated heterocycles. The van der Waals surface area contributed by atoms with Crippen molar-refractivity contribution < 1.29 is 4.74 Å². The van der Waals surface area contributed by atoms with Gasteiger partial charge in [0, 0.05) is 30.4 Å². The molecular weight excluding hydrogens is 226 g/mol. The van der Waals surface area contributed by atoms with Gasteiger partial charge in [-0.3, -0.25) is 4.68 Å². The molecule has 0 aliphatic carbocycles. The molecule has 4 nitrogen and oxygen atoms in total. The number of nitrogens with zero attached hydrogens (tertiary/aromatic N) is 3. The first-order valence-electron chi connectivity index (χ1n) is 5.87. The maximum Gasteiger partial charge on any atom is 0.128 e. The average molecular weight is 241 g/mol. The maximum atomic E-state index is 5.37. The van der Waals surface area contributed by atoms with Crippen molar-refractivity contribution in [1.82, 2.24) is 14.3 Å². The average Bonchev–Trinajstić information content (AvgIpc) is 2.97. The smallest absolute Gasteiger partial charge is 0.128 e. The quantitative estimate of drug-likeness (QED) is 0.705. The molecule has 2 heterocycles. The Morgan fingerprint density at radius 1 is 1.28 bits per heavy atom. The second-order valence-corrected chi connectivity index (χ2v) is 4.36. The second-order valence-electron chi connectivity index (χ2n) is 4.36. The van der Waals surface area contributed by atoms with E-state index in [0.717, 1.165) is 17.7 Å². The van der Waals surface area contributed by atoms with Crippen molar-refractivity contribution in [3.8, 4) is 5.75 Å². The van der Waals surface area contributed by atoms with Crippen molar-refractivity contribution in [1.29, 1.82) is 0 Å². The van der Waals surface area contributed by atoms with E-state index in [0.29, 0.717) is 0 Å². The van der Waals surface area contributed by atoms with Crippen LogP contribution in [0.25, 0.3) is 10.9 Å². The van der Waals surface area contributed by atoms with Crippen LogP contribution in [-0.2, 0) is 13.6 Å². The van der Waals surface area contributed by atoms with E-state index in [1.165, 1.54) is 11.1 Å². The Balaban J connectivity index is 2.02. The number of aryl methyl sites for hydroxylation is 1. The highest BCUT2D eigenvalue weighted by Crippen LogP contribution is 2.26. The van der Waals surface area contributed by atoms with Crippen LogP contribution >= 0.6 is 0 Å². The van der Waals surface area contributed by atoms with Crippen molar-refractivity contribution in [2.24, 2.45) is 7.05 Å². The lowest BCUT2D eigenvalue weighted by atomic mass is 10.2. The number of benzene rings is 1. The van der Waals surface area contributed by atoms with Crippen molar-refractivity contribution in [3.05, 3.63) is 48.4 Å². The molecule has 0 aliphatic rings. The third-order valence-corrected chi connectivity index (χ3v) is 3.10. The van der Waals surface area contributed by atoms with Gasteiger partial charge in [-0.1, -0.05) is 6.07 Å². The predicted molar refractivity (Wildman–Crippen MR) is 70.8 cm³/mol. The lowest BCUT2D eigenvalue weighted by molar-refractivity contribution is 0.420. The Kier molecular flexibility index (Phi) is 2.55. The van der Waals surface area contributed by atoms with Gasteiger partial charge in [-0.05, 0) is 18.2 Å². The van der Waals surface area contributed by atoms with Crippen molar-refractivity contribution in [2.75, 3.05) is 7.11 Å². The summed E-state index contributed by atoms with van der Waals surface area (Å²) in [5.41, 5.74) is 2.37. The van der Waals surface area contributed by atoms with Gasteiger partial charge in [-0.2, -0.15) is 5.10 Å². The fourth-order valence-electron chi connectivity index (χ4n) is 2.26. The maximum absolute atomic E-state index is 5.37. The first-order valence-corrected chi connectivity index (χ1v) is 5.87. The summed E-state index contributed by atoms with van der Waals surface area (Å²) in [7, 11) is 3.63. The highest BCUT2D eigenvalue weighted by Gasteiger charge is 2.06. The van der Waals surface area contributed by atoms with Crippen LogP contribution in [0, 0.1) is 0 Å². The molecule has 18 heavy (non-hydrogen) atoms. The molecule has 0 spiro atoms. The van der Waals surface area contributed by atoms with E-state index < -0.39 is 0 Å². The summed E-state index contributed by atoms with van der Waals surface area (Å²) in [6, 6.07) is 8.19. The number of hydrogen-bond acceptors (Lipinski definition) is 2. The molecule has 3 rings (SSSR count). The van der Waals surface area contributed by atoms with E-state index in [-0.39, 0.29) is 0 Å². The zero-order valence-electron chi connectivity index (χ0n) is 10.5. The van der Waals surface area contributed by atoms with Crippen LogP contribution < -0.4 is 4.74 Å². The van der Waals surface area contributed by atoms with Crippen molar-refractivity contribution in [2.45, 2.75) is 6.54 Å². The highest BCUT2D eigenvalue weighted by molar-refractivity contribution is 5.86. The standard InChI is InChI=1S/C14H15N3O/c1-16-9-11(8-15-16)10-17-7-6-12-13(17)4-3-5-14(12)18-2/h3-9H,10H2,1-2H3. The molecule has 0 fully saturated rings. The molecule has 1 aromatic carbocycles. The highest BCUT2D eigenvalue weighted by atomic mass is 16.5. The van der Waals surface area contributed by atoms with E-state index in [1.807, 2.05) is 36.3 Å². The van der Waals surface area contributed by atoms with Crippen LogP contribution in [-0.4, -0.2) is 21.5 Å². The van der Waals surface area contributed by atoms with Gasteiger partial charge in [0.2, 0.25) is 0 Å². The Morgan fingerprint density at radius 2 is 2.17 bits per heavy atom. The van der Waals surface area contributed by atoms with Crippen LogP contribution in [0.4, 0.5) is 0 Å². The predicted octanol–water partition coefficient (Wildman–Crippen LogP) is 2.43. The molecule has 0 bridgehead atoms. The van der Waals surface area contributed by atoms with E-state index >= 15 is 0 Å². The lowest BCUT2D eigenvalue weighted by Crippen LogP contribution is -1.96. The lowest BCUT2D eigenvalue weighted by Gasteiger charge is -2.05.